The van der Waals surface area contributed by atoms with Gasteiger partial charge in [0.15, 0.2) is 0 Å². The average molecular weight is 635 g/mol. The van der Waals surface area contributed by atoms with Crippen LogP contribution in [-0.2, 0) is 26.2 Å². The van der Waals surface area contributed by atoms with Gasteiger partial charge >= 0.3 is 0 Å². The summed E-state index contributed by atoms with van der Waals surface area (Å²) in [5.41, 5.74) is 2.64. The summed E-state index contributed by atoms with van der Waals surface area (Å²) in [4.78, 5) is 28.3. The number of nitrogens with zero attached hydrogens (tertiary/aromatic N) is 2. The van der Waals surface area contributed by atoms with E-state index in [1.807, 2.05) is 38.1 Å². The summed E-state index contributed by atoms with van der Waals surface area (Å²) in [6.45, 7) is 7.30. The maximum absolute atomic E-state index is 13.9. The van der Waals surface area contributed by atoms with Gasteiger partial charge in [-0.1, -0.05) is 64.3 Å². The standard InChI is InChI=1S/C29H33BrClN3O4S/c1-5-16-32-29(36)22(4)33(18-23-8-10-24(30)11-9-23)28(35)19-34(27-15-12-25(31)17-21(27)3)39(37,38)26-13-6-20(2)7-14-26/h6-15,17,22H,5,16,18-19H2,1-4H3,(H,32,36)/t22-/m1/s1. The fraction of sp³-hybridized carbons (Fsp3) is 0.310. The van der Waals surface area contributed by atoms with Crippen LogP contribution in [0.5, 0.6) is 0 Å². The molecule has 3 aromatic carbocycles. The fourth-order valence-electron chi connectivity index (χ4n) is 4.01. The zero-order valence-electron chi connectivity index (χ0n) is 22.4. The van der Waals surface area contributed by atoms with Crippen LogP contribution in [0.3, 0.4) is 0 Å². The van der Waals surface area contributed by atoms with Crippen LogP contribution in [-0.4, -0.2) is 44.3 Å². The first kappa shape index (κ1) is 30.7. The predicted octanol–water partition coefficient (Wildman–Crippen LogP) is 5.86. The maximum atomic E-state index is 13.9. The molecule has 0 aromatic heterocycles. The summed E-state index contributed by atoms with van der Waals surface area (Å²) in [6.07, 6.45) is 0.748. The van der Waals surface area contributed by atoms with Crippen LogP contribution in [0.1, 0.15) is 37.0 Å². The monoisotopic (exact) mass is 633 g/mol. The van der Waals surface area contributed by atoms with E-state index in [1.165, 1.54) is 17.0 Å². The van der Waals surface area contributed by atoms with Crippen LogP contribution in [0.15, 0.2) is 76.1 Å². The van der Waals surface area contributed by atoms with Crippen molar-refractivity contribution >= 4 is 55.1 Å². The van der Waals surface area contributed by atoms with Crippen molar-refractivity contribution in [1.82, 2.24) is 10.2 Å². The summed E-state index contributed by atoms with van der Waals surface area (Å²) in [5.74, 6) is -0.819. The number of carbonyl (C=O) groups is 2. The fourth-order valence-corrected chi connectivity index (χ4v) is 5.98. The Balaban J connectivity index is 2.05. The second-order valence-corrected chi connectivity index (χ2v) is 12.6. The summed E-state index contributed by atoms with van der Waals surface area (Å²) in [7, 11) is -4.14. The normalized spacial score (nSPS) is 12.1. The highest BCUT2D eigenvalue weighted by Crippen LogP contribution is 2.29. The zero-order valence-corrected chi connectivity index (χ0v) is 25.6. The molecule has 2 amide bonds. The van der Waals surface area contributed by atoms with Gasteiger partial charge in [0.2, 0.25) is 11.8 Å². The molecule has 0 unspecified atom stereocenters. The van der Waals surface area contributed by atoms with E-state index >= 15 is 0 Å². The lowest BCUT2D eigenvalue weighted by molar-refractivity contribution is -0.139. The number of sulfonamides is 1. The highest BCUT2D eigenvalue weighted by atomic mass is 79.9. The van der Waals surface area contributed by atoms with Gasteiger partial charge < -0.3 is 10.2 Å². The number of anilines is 1. The number of halogens is 2. The third kappa shape index (κ3) is 7.84. The van der Waals surface area contributed by atoms with E-state index in [0.29, 0.717) is 22.8 Å². The minimum absolute atomic E-state index is 0.0587. The topological polar surface area (TPSA) is 86.8 Å². The predicted molar refractivity (Wildman–Crippen MR) is 159 cm³/mol. The molecule has 39 heavy (non-hydrogen) atoms. The first-order valence-electron chi connectivity index (χ1n) is 12.6. The van der Waals surface area contributed by atoms with E-state index < -0.39 is 28.5 Å². The number of amides is 2. The van der Waals surface area contributed by atoms with Gasteiger partial charge in [-0.2, -0.15) is 0 Å². The number of rotatable bonds is 11. The second-order valence-electron chi connectivity index (χ2n) is 9.37. The summed E-state index contributed by atoms with van der Waals surface area (Å²) < 4.78 is 29.8. The zero-order chi connectivity index (χ0) is 28.7. The summed E-state index contributed by atoms with van der Waals surface area (Å²) >= 11 is 9.57. The molecule has 0 saturated carbocycles. The van der Waals surface area contributed by atoms with Gasteiger partial charge in [0.1, 0.15) is 12.6 Å². The number of benzene rings is 3. The summed E-state index contributed by atoms with van der Waals surface area (Å²) in [5, 5.41) is 3.29. The quantitative estimate of drug-likeness (QED) is 0.286. The number of carbonyl (C=O) groups excluding carboxylic acids is 2. The van der Waals surface area contributed by atoms with Gasteiger partial charge in [-0.05, 0) is 80.8 Å². The molecule has 0 fully saturated rings. The molecule has 208 valence electrons. The largest absolute Gasteiger partial charge is 0.354 e. The van der Waals surface area contributed by atoms with Crippen molar-refractivity contribution in [3.05, 3.63) is 92.9 Å². The van der Waals surface area contributed by atoms with Crippen molar-refractivity contribution < 1.29 is 18.0 Å². The highest BCUT2D eigenvalue weighted by Gasteiger charge is 2.33. The van der Waals surface area contributed by atoms with Crippen molar-refractivity contribution in [3.8, 4) is 0 Å². The molecule has 10 heteroatoms. The number of aryl methyl sites for hydroxylation is 2. The average Bonchev–Trinajstić information content (AvgIpc) is 2.90. The van der Waals surface area contributed by atoms with E-state index in [1.54, 1.807) is 44.2 Å². The van der Waals surface area contributed by atoms with Crippen LogP contribution >= 0.6 is 27.5 Å². The molecule has 7 nitrogen and oxygen atoms in total. The van der Waals surface area contributed by atoms with Crippen LogP contribution < -0.4 is 9.62 Å². The van der Waals surface area contributed by atoms with Crippen LogP contribution in [0, 0.1) is 13.8 Å². The first-order chi connectivity index (χ1) is 18.4. The van der Waals surface area contributed by atoms with E-state index in [0.717, 1.165) is 26.3 Å². The van der Waals surface area contributed by atoms with Crippen molar-refractivity contribution in [3.63, 3.8) is 0 Å². The van der Waals surface area contributed by atoms with Crippen molar-refractivity contribution in [2.45, 2.75) is 51.6 Å². The number of hydrogen-bond acceptors (Lipinski definition) is 4. The van der Waals surface area contributed by atoms with Gasteiger partial charge in [-0.15, -0.1) is 0 Å². The molecule has 0 radical (unpaired) electrons. The molecule has 3 rings (SSSR count). The molecular formula is C29H33BrClN3O4S. The van der Waals surface area contributed by atoms with Crippen LogP contribution in [0.4, 0.5) is 5.69 Å². The summed E-state index contributed by atoms with van der Waals surface area (Å²) in [6, 6.07) is 17.9. The maximum Gasteiger partial charge on any atom is 0.264 e. The van der Waals surface area contributed by atoms with Gasteiger partial charge in [-0.25, -0.2) is 8.42 Å². The molecule has 0 aliphatic heterocycles. The first-order valence-corrected chi connectivity index (χ1v) is 15.2. The Morgan fingerprint density at radius 3 is 2.23 bits per heavy atom. The number of hydrogen-bond donors (Lipinski definition) is 1. The van der Waals surface area contributed by atoms with Crippen molar-refractivity contribution in [2.24, 2.45) is 0 Å². The van der Waals surface area contributed by atoms with Gasteiger partial charge in [0.25, 0.3) is 10.0 Å². The Morgan fingerprint density at radius 1 is 1.00 bits per heavy atom. The van der Waals surface area contributed by atoms with Crippen molar-refractivity contribution in [2.75, 3.05) is 17.4 Å². The third-order valence-electron chi connectivity index (χ3n) is 6.30. The molecule has 0 bridgehead atoms. The highest BCUT2D eigenvalue weighted by molar-refractivity contribution is 9.10. The molecule has 1 N–H and O–H groups in total. The van der Waals surface area contributed by atoms with E-state index in [9.17, 15) is 18.0 Å². The van der Waals surface area contributed by atoms with Crippen molar-refractivity contribution in [1.29, 1.82) is 0 Å². The second kappa shape index (κ2) is 13.5. The minimum atomic E-state index is -4.14. The smallest absolute Gasteiger partial charge is 0.264 e. The Bertz CT molecular complexity index is 1410. The number of nitrogens with one attached hydrogen (secondary N) is 1. The Kier molecular flexibility index (Phi) is 10.6. The SMILES string of the molecule is CCCNC(=O)[C@@H](C)N(Cc1ccc(Br)cc1)C(=O)CN(c1ccc(Cl)cc1C)S(=O)(=O)c1ccc(C)cc1. The molecule has 0 spiro atoms. The third-order valence-corrected chi connectivity index (χ3v) is 8.84. The Hall–Kier alpha value is -2.88. The van der Waals surface area contributed by atoms with Gasteiger partial charge in [0.05, 0.1) is 10.6 Å². The van der Waals surface area contributed by atoms with E-state index in [4.69, 9.17) is 11.6 Å². The molecule has 1 atom stereocenters. The Morgan fingerprint density at radius 2 is 1.64 bits per heavy atom. The molecular weight excluding hydrogens is 602 g/mol. The lowest BCUT2D eigenvalue weighted by atomic mass is 10.1. The molecule has 0 aliphatic rings. The van der Waals surface area contributed by atoms with E-state index in [-0.39, 0.29) is 17.3 Å². The minimum Gasteiger partial charge on any atom is -0.354 e. The van der Waals surface area contributed by atoms with Crippen LogP contribution in [0.2, 0.25) is 5.02 Å². The van der Waals surface area contributed by atoms with Crippen LogP contribution in [0.25, 0.3) is 0 Å². The van der Waals surface area contributed by atoms with Gasteiger partial charge in [-0.3, -0.25) is 13.9 Å². The lowest BCUT2D eigenvalue weighted by Crippen LogP contribution is -2.51. The van der Waals surface area contributed by atoms with Gasteiger partial charge in [0, 0.05) is 22.6 Å². The molecule has 3 aromatic rings. The van der Waals surface area contributed by atoms with E-state index in [2.05, 4.69) is 21.2 Å². The Labute approximate surface area is 244 Å². The molecule has 0 aliphatic carbocycles. The molecule has 0 heterocycles. The lowest BCUT2D eigenvalue weighted by Gasteiger charge is -2.32. The molecule has 0 saturated heterocycles.